The monoisotopic (exact) mass is 270 g/mol. The molecule has 0 saturated carbocycles. The van der Waals surface area contributed by atoms with Crippen molar-refractivity contribution in [2.45, 2.75) is 19.9 Å². The predicted octanol–water partition coefficient (Wildman–Crippen LogP) is 0.781. The number of anilines is 1. The number of hydrogen-bond donors (Lipinski definition) is 1. The van der Waals surface area contributed by atoms with Crippen LogP contribution in [0.1, 0.15) is 13.3 Å². The van der Waals surface area contributed by atoms with Crippen LogP contribution >= 0.6 is 11.8 Å². The van der Waals surface area contributed by atoms with Gasteiger partial charge >= 0.3 is 0 Å². The SMILES string of the molecule is CCSCCCn1ncc(N(C)CCN)cc1=O. The highest BCUT2D eigenvalue weighted by molar-refractivity contribution is 7.99. The molecule has 2 N–H and O–H groups in total. The van der Waals surface area contributed by atoms with Crippen molar-refractivity contribution < 1.29 is 0 Å². The minimum Gasteiger partial charge on any atom is -0.372 e. The average Bonchev–Trinajstić information content (AvgIpc) is 2.36. The number of thioether (sulfide) groups is 1. The molecule has 6 heteroatoms. The van der Waals surface area contributed by atoms with Crippen molar-refractivity contribution in [2.24, 2.45) is 5.73 Å². The predicted molar refractivity (Wildman–Crippen MR) is 78.4 cm³/mol. The Morgan fingerprint density at radius 1 is 1.56 bits per heavy atom. The Bertz CT molecular complexity index is 407. The van der Waals surface area contributed by atoms with E-state index in [2.05, 4.69) is 12.0 Å². The Hall–Kier alpha value is -1.01. The number of aryl methyl sites for hydroxylation is 1. The lowest BCUT2D eigenvalue weighted by Gasteiger charge is -2.17. The van der Waals surface area contributed by atoms with Gasteiger partial charge in [-0.25, -0.2) is 4.68 Å². The molecule has 0 aliphatic carbocycles. The van der Waals surface area contributed by atoms with E-state index in [0.717, 1.165) is 30.2 Å². The van der Waals surface area contributed by atoms with Crippen molar-refractivity contribution in [3.05, 3.63) is 22.6 Å². The van der Waals surface area contributed by atoms with E-state index in [1.807, 2.05) is 23.7 Å². The maximum Gasteiger partial charge on any atom is 0.268 e. The lowest BCUT2D eigenvalue weighted by Crippen LogP contribution is -2.29. The fourth-order valence-corrected chi connectivity index (χ4v) is 2.21. The number of rotatable bonds is 8. The van der Waals surface area contributed by atoms with Gasteiger partial charge < -0.3 is 10.6 Å². The fourth-order valence-electron chi connectivity index (χ4n) is 1.58. The van der Waals surface area contributed by atoms with Crippen LogP contribution in [0.15, 0.2) is 17.1 Å². The standard InChI is InChI=1S/C12H22N4OS/c1-3-18-8-4-6-16-12(17)9-11(10-14-16)15(2)7-5-13/h9-10H,3-8,13H2,1-2H3. The molecule has 0 spiro atoms. The molecule has 0 bridgehead atoms. The Morgan fingerprint density at radius 2 is 2.33 bits per heavy atom. The molecule has 5 nitrogen and oxygen atoms in total. The lowest BCUT2D eigenvalue weighted by molar-refractivity contribution is 0.570. The minimum absolute atomic E-state index is 0.0436. The third-order valence-electron chi connectivity index (χ3n) is 2.62. The van der Waals surface area contributed by atoms with Gasteiger partial charge in [0.15, 0.2) is 0 Å². The minimum atomic E-state index is -0.0436. The molecular formula is C12H22N4OS. The number of nitrogens with zero attached hydrogens (tertiary/aromatic N) is 3. The van der Waals surface area contributed by atoms with Gasteiger partial charge in [0.2, 0.25) is 0 Å². The lowest BCUT2D eigenvalue weighted by atomic mass is 10.4. The highest BCUT2D eigenvalue weighted by atomic mass is 32.2. The zero-order valence-electron chi connectivity index (χ0n) is 11.1. The van der Waals surface area contributed by atoms with Crippen molar-refractivity contribution in [3.63, 3.8) is 0 Å². The van der Waals surface area contributed by atoms with Crippen molar-refractivity contribution in [3.8, 4) is 0 Å². The number of nitrogens with two attached hydrogens (primary N) is 1. The van der Waals surface area contributed by atoms with E-state index in [-0.39, 0.29) is 5.56 Å². The molecule has 0 aliphatic rings. The molecule has 18 heavy (non-hydrogen) atoms. The Labute approximate surface area is 112 Å². The van der Waals surface area contributed by atoms with Crippen molar-refractivity contribution in [1.29, 1.82) is 0 Å². The summed E-state index contributed by atoms with van der Waals surface area (Å²) in [7, 11) is 1.91. The smallest absolute Gasteiger partial charge is 0.268 e. The summed E-state index contributed by atoms with van der Waals surface area (Å²) in [6.07, 6.45) is 2.70. The summed E-state index contributed by atoms with van der Waals surface area (Å²) in [5.74, 6) is 2.19. The molecule has 0 fully saturated rings. The van der Waals surface area contributed by atoms with Crippen LogP contribution in [0.5, 0.6) is 0 Å². The van der Waals surface area contributed by atoms with Crippen LogP contribution in [0.25, 0.3) is 0 Å². The number of hydrogen-bond acceptors (Lipinski definition) is 5. The fraction of sp³-hybridized carbons (Fsp3) is 0.667. The summed E-state index contributed by atoms with van der Waals surface area (Å²) in [5, 5.41) is 4.19. The molecular weight excluding hydrogens is 248 g/mol. The Balaban J connectivity index is 2.59. The van der Waals surface area contributed by atoms with Crippen LogP contribution in [0.3, 0.4) is 0 Å². The topological polar surface area (TPSA) is 64.2 Å². The molecule has 0 aromatic carbocycles. The van der Waals surface area contributed by atoms with E-state index in [9.17, 15) is 4.79 Å². The van der Waals surface area contributed by atoms with Crippen molar-refractivity contribution in [1.82, 2.24) is 9.78 Å². The zero-order valence-corrected chi connectivity index (χ0v) is 11.9. The second-order valence-corrected chi connectivity index (χ2v) is 5.43. The van der Waals surface area contributed by atoms with Crippen molar-refractivity contribution in [2.75, 3.05) is 36.5 Å². The van der Waals surface area contributed by atoms with Gasteiger partial charge in [-0.2, -0.15) is 16.9 Å². The van der Waals surface area contributed by atoms with Crippen LogP contribution in [0, 0.1) is 0 Å². The molecule has 1 heterocycles. The molecule has 102 valence electrons. The third-order valence-corrected chi connectivity index (χ3v) is 3.61. The van der Waals surface area contributed by atoms with E-state index < -0.39 is 0 Å². The molecule has 1 aromatic heterocycles. The molecule has 0 aliphatic heterocycles. The van der Waals surface area contributed by atoms with Crippen LogP contribution < -0.4 is 16.2 Å². The van der Waals surface area contributed by atoms with E-state index in [1.54, 1.807) is 12.3 Å². The Morgan fingerprint density at radius 3 is 2.94 bits per heavy atom. The van der Waals surface area contributed by atoms with Crippen LogP contribution in [0.4, 0.5) is 5.69 Å². The first kappa shape index (κ1) is 15.0. The molecule has 0 radical (unpaired) electrons. The van der Waals surface area contributed by atoms with E-state index in [1.165, 1.54) is 4.68 Å². The van der Waals surface area contributed by atoms with Gasteiger partial charge in [0, 0.05) is 32.7 Å². The van der Waals surface area contributed by atoms with E-state index >= 15 is 0 Å². The van der Waals surface area contributed by atoms with Crippen LogP contribution in [-0.4, -0.2) is 41.4 Å². The molecule has 0 unspecified atom stereocenters. The maximum absolute atomic E-state index is 11.8. The first-order valence-electron chi connectivity index (χ1n) is 6.25. The van der Waals surface area contributed by atoms with Crippen LogP contribution in [-0.2, 0) is 6.54 Å². The average molecular weight is 270 g/mol. The summed E-state index contributed by atoms with van der Waals surface area (Å²) in [4.78, 5) is 13.8. The van der Waals surface area contributed by atoms with Gasteiger partial charge in [0.1, 0.15) is 0 Å². The van der Waals surface area contributed by atoms with Gasteiger partial charge in [-0.15, -0.1) is 0 Å². The molecule has 0 atom stereocenters. The summed E-state index contributed by atoms with van der Waals surface area (Å²) in [6, 6.07) is 1.62. The normalized spacial score (nSPS) is 10.6. The summed E-state index contributed by atoms with van der Waals surface area (Å²) < 4.78 is 1.52. The van der Waals surface area contributed by atoms with Gasteiger partial charge in [-0.05, 0) is 17.9 Å². The first-order valence-corrected chi connectivity index (χ1v) is 7.40. The van der Waals surface area contributed by atoms with Gasteiger partial charge in [0.05, 0.1) is 11.9 Å². The number of likely N-dealkylation sites (N-methyl/N-ethyl adjacent to an activating group) is 1. The second kappa shape index (κ2) is 8.16. The third kappa shape index (κ3) is 4.70. The quantitative estimate of drug-likeness (QED) is 0.707. The second-order valence-electron chi connectivity index (χ2n) is 4.04. The Kier molecular flexibility index (Phi) is 6.82. The first-order chi connectivity index (χ1) is 8.69. The van der Waals surface area contributed by atoms with E-state index in [4.69, 9.17) is 5.73 Å². The molecule has 0 saturated heterocycles. The highest BCUT2D eigenvalue weighted by Crippen LogP contribution is 2.06. The van der Waals surface area contributed by atoms with Crippen molar-refractivity contribution >= 4 is 17.4 Å². The van der Waals surface area contributed by atoms with Gasteiger partial charge in [-0.1, -0.05) is 6.92 Å². The summed E-state index contributed by atoms with van der Waals surface area (Å²) in [5.41, 5.74) is 6.26. The highest BCUT2D eigenvalue weighted by Gasteiger charge is 2.03. The molecule has 0 amide bonds. The molecule has 1 aromatic rings. The number of aromatic nitrogens is 2. The van der Waals surface area contributed by atoms with E-state index in [0.29, 0.717) is 13.1 Å². The van der Waals surface area contributed by atoms with Crippen LogP contribution in [0.2, 0.25) is 0 Å². The maximum atomic E-state index is 11.8. The summed E-state index contributed by atoms with van der Waals surface area (Å²) >= 11 is 1.88. The zero-order chi connectivity index (χ0) is 13.4. The van der Waals surface area contributed by atoms with Gasteiger partial charge in [0.25, 0.3) is 5.56 Å². The molecule has 1 rings (SSSR count). The largest absolute Gasteiger partial charge is 0.372 e. The summed E-state index contributed by atoms with van der Waals surface area (Å²) in [6.45, 7) is 4.11. The van der Waals surface area contributed by atoms with Gasteiger partial charge in [-0.3, -0.25) is 4.79 Å².